The lowest BCUT2D eigenvalue weighted by Crippen LogP contribution is -2.27. The molecule has 0 amide bonds. The van der Waals surface area contributed by atoms with Crippen LogP contribution in [0.1, 0.15) is 64.2 Å². The summed E-state index contributed by atoms with van der Waals surface area (Å²) in [5.41, 5.74) is 0. The van der Waals surface area contributed by atoms with Gasteiger partial charge in [0.25, 0.3) is 0 Å². The number of carbonyl (C=O) groups is 1. The largest absolute Gasteiger partial charge is 0.508 e. The number of alkyl halides is 2. The summed E-state index contributed by atoms with van der Waals surface area (Å²) in [6.45, 7) is 0.999. The van der Waals surface area contributed by atoms with E-state index in [1.807, 2.05) is 0 Å². The number of rotatable bonds is 6. The topological polar surface area (TPSA) is 35.5 Å². The molecule has 2 unspecified atom stereocenters. The van der Waals surface area contributed by atoms with Crippen molar-refractivity contribution in [2.75, 3.05) is 13.2 Å². The van der Waals surface area contributed by atoms with Crippen LogP contribution < -0.4 is 0 Å². The van der Waals surface area contributed by atoms with Gasteiger partial charge in [-0.05, 0) is 37.5 Å². The zero-order chi connectivity index (χ0) is 15.8. The fraction of sp³-hybridized carbons (Fsp3) is 0.941. The number of halogens is 2. The lowest BCUT2D eigenvalue weighted by Gasteiger charge is -2.27. The number of ether oxygens (including phenoxy) is 2. The SMILES string of the molecule is O=C(OCC(I)C1CCCCC1)OCC(I)C1CCCCC1. The van der Waals surface area contributed by atoms with Crippen LogP contribution in [0.5, 0.6) is 0 Å². The van der Waals surface area contributed by atoms with Crippen molar-refractivity contribution < 1.29 is 14.3 Å². The van der Waals surface area contributed by atoms with Crippen LogP contribution in [0.4, 0.5) is 4.79 Å². The Hall–Kier alpha value is 0.730. The van der Waals surface area contributed by atoms with Crippen molar-refractivity contribution in [3.63, 3.8) is 0 Å². The van der Waals surface area contributed by atoms with Gasteiger partial charge in [-0.1, -0.05) is 83.7 Å². The maximum Gasteiger partial charge on any atom is 0.508 e. The molecule has 0 radical (unpaired) electrons. The fourth-order valence-corrected chi connectivity index (χ4v) is 5.40. The van der Waals surface area contributed by atoms with Gasteiger partial charge in [0.2, 0.25) is 0 Å². The van der Waals surface area contributed by atoms with Gasteiger partial charge in [-0.25, -0.2) is 4.79 Å². The third kappa shape index (κ3) is 6.69. The Morgan fingerprint density at radius 2 is 1.14 bits per heavy atom. The fourth-order valence-electron chi connectivity index (χ4n) is 3.60. The molecule has 0 bridgehead atoms. The Bertz CT molecular complexity index is 296. The first kappa shape index (κ1) is 19.1. The molecule has 0 aromatic rings. The van der Waals surface area contributed by atoms with E-state index < -0.39 is 6.16 Å². The number of carbonyl (C=O) groups excluding carboxylic acids is 1. The minimum atomic E-state index is -0.477. The van der Waals surface area contributed by atoms with Crippen LogP contribution in [0, 0.1) is 11.8 Å². The van der Waals surface area contributed by atoms with Gasteiger partial charge in [0.15, 0.2) is 0 Å². The monoisotopic (exact) mass is 534 g/mol. The molecule has 2 rings (SSSR count). The zero-order valence-corrected chi connectivity index (χ0v) is 17.6. The van der Waals surface area contributed by atoms with Crippen molar-refractivity contribution in [1.82, 2.24) is 0 Å². The van der Waals surface area contributed by atoms with Crippen molar-refractivity contribution in [2.24, 2.45) is 11.8 Å². The molecule has 2 atom stereocenters. The van der Waals surface area contributed by atoms with E-state index in [1.165, 1.54) is 64.2 Å². The average Bonchev–Trinajstić information content (AvgIpc) is 2.59. The normalized spacial score (nSPS) is 23.7. The van der Waals surface area contributed by atoms with E-state index in [0.717, 1.165) is 0 Å². The maximum absolute atomic E-state index is 11.8. The van der Waals surface area contributed by atoms with Gasteiger partial charge in [0, 0.05) is 7.85 Å². The molecule has 5 heteroatoms. The summed E-state index contributed by atoms with van der Waals surface area (Å²) in [6, 6.07) is 0. The van der Waals surface area contributed by atoms with Crippen molar-refractivity contribution >= 4 is 51.3 Å². The van der Waals surface area contributed by atoms with E-state index in [9.17, 15) is 4.79 Å². The van der Waals surface area contributed by atoms with Crippen LogP contribution in [0.3, 0.4) is 0 Å². The molecule has 128 valence electrons. The Balaban J connectivity index is 1.58. The second-order valence-electron chi connectivity index (χ2n) is 6.70. The molecule has 0 N–H and O–H groups in total. The first-order valence-electron chi connectivity index (χ1n) is 8.74. The Kier molecular flexibility index (Phi) is 9.15. The van der Waals surface area contributed by atoms with Crippen molar-refractivity contribution in [3.05, 3.63) is 0 Å². The Labute approximate surface area is 161 Å². The van der Waals surface area contributed by atoms with Gasteiger partial charge in [-0.3, -0.25) is 0 Å². The summed E-state index contributed by atoms with van der Waals surface area (Å²) in [5.74, 6) is 1.42. The predicted molar refractivity (Wildman–Crippen MR) is 106 cm³/mol. The molecule has 0 aromatic carbocycles. The van der Waals surface area contributed by atoms with Crippen LogP contribution >= 0.6 is 45.2 Å². The summed E-state index contributed by atoms with van der Waals surface area (Å²) in [7, 11) is 0. The van der Waals surface area contributed by atoms with Gasteiger partial charge >= 0.3 is 6.16 Å². The molecule has 2 saturated carbocycles. The predicted octanol–water partition coefficient (Wildman–Crippen LogP) is 5.91. The highest BCUT2D eigenvalue weighted by Crippen LogP contribution is 2.31. The highest BCUT2D eigenvalue weighted by atomic mass is 127. The van der Waals surface area contributed by atoms with Crippen LogP contribution in [0.2, 0.25) is 0 Å². The highest BCUT2D eigenvalue weighted by molar-refractivity contribution is 14.1. The van der Waals surface area contributed by atoms with Crippen molar-refractivity contribution in [3.8, 4) is 0 Å². The number of hydrogen-bond acceptors (Lipinski definition) is 3. The molecule has 22 heavy (non-hydrogen) atoms. The number of hydrogen-bond donors (Lipinski definition) is 0. The summed E-state index contributed by atoms with van der Waals surface area (Å²) in [5, 5.41) is 0. The third-order valence-corrected chi connectivity index (χ3v) is 7.80. The standard InChI is InChI=1S/C17H28I2O3/c18-15(13-7-3-1-4-8-13)11-21-17(20)22-12-16(19)14-9-5-2-6-10-14/h13-16H,1-12H2. The van der Waals surface area contributed by atoms with Crippen LogP contribution in [-0.4, -0.2) is 27.2 Å². The quantitative estimate of drug-likeness (QED) is 0.242. The minimum absolute atomic E-state index is 0.430. The lowest BCUT2D eigenvalue weighted by molar-refractivity contribution is 0.0502. The summed E-state index contributed by atoms with van der Waals surface area (Å²) in [6.07, 6.45) is 12.7. The summed E-state index contributed by atoms with van der Waals surface area (Å²) >= 11 is 4.87. The Morgan fingerprint density at radius 1 is 0.773 bits per heavy atom. The van der Waals surface area contributed by atoms with Gasteiger partial charge in [0.05, 0.1) is 0 Å². The van der Waals surface area contributed by atoms with E-state index in [1.54, 1.807) is 0 Å². The van der Waals surface area contributed by atoms with E-state index >= 15 is 0 Å². The highest BCUT2D eigenvalue weighted by Gasteiger charge is 2.25. The van der Waals surface area contributed by atoms with Gasteiger partial charge < -0.3 is 9.47 Å². The smallest absolute Gasteiger partial charge is 0.433 e. The summed E-state index contributed by atoms with van der Waals surface area (Å²) < 4.78 is 11.5. The molecular formula is C17H28I2O3. The van der Waals surface area contributed by atoms with Crippen molar-refractivity contribution in [2.45, 2.75) is 72.1 Å². The molecule has 0 heterocycles. The van der Waals surface area contributed by atoms with Crippen LogP contribution in [-0.2, 0) is 9.47 Å². The zero-order valence-electron chi connectivity index (χ0n) is 13.3. The van der Waals surface area contributed by atoms with Gasteiger partial charge in [-0.15, -0.1) is 0 Å². The maximum atomic E-state index is 11.8. The van der Waals surface area contributed by atoms with Crippen molar-refractivity contribution in [1.29, 1.82) is 0 Å². The Morgan fingerprint density at radius 3 is 1.50 bits per heavy atom. The summed E-state index contributed by atoms with van der Waals surface area (Å²) in [4.78, 5) is 11.8. The first-order chi connectivity index (χ1) is 10.7. The van der Waals surface area contributed by atoms with Gasteiger partial charge in [-0.2, -0.15) is 0 Å². The van der Waals surface area contributed by atoms with Gasteiger partial charge in [0.1, 0.15) is 13.2 Å². The molecular weight excluding hydrogens is 506 g/mol. The minimum Gasteiger partial charge on any atom is -0.433 e. The molecule has 0 aromatic heterocycles. The molecule has 0 saturated heterocycles. The molecule has 3 nitrogen and oxygen atoms in total. The van der Waals surface area contributed by atoms with Crippen LogP contribution in [0.15, 0.2) is 0 Å². The third-order valence-electron chi connectivity index (χ3n) is 5.04. The van der Waals surface area contributed by atoms with E-state index in [-0.39, 0.29) is 0 Å². The van der Waals surface area contributed by atoms with E-state index in [2.05, 4.69) is 45.2 Å². The first-order valence-corrected chi connectivity index (χ1v) is 11.2. The second-order valence-corrected chi connectivity index (χ2v) is 9.90. The average molecular weight is 534 g/mol. The molecule has 0 aliphatic heterocycles. The second kappa shape index (κ2) is 10.6. The molecule has 0 spiro atoms. The van der Waals surface area contributed by atoms with E-state index in [4.69, 9.17) is 9.47 Å². The molecule has 2 aliphatic carbocycles. The molecule has 2 fully saturated rings. The molecule has 2 aliphatic rings. The van der Waals surface area contributed by atoms with E-state index in [0.29, 0.717) is 32.9 Å². The lowest BCUT2D eigenvalue weighted by atomic mass is 9.87. The van der Waals surface area contributed by atoms with Crippen LogP contribution in [0.25, 0.3) is 0 Å².